The summed E-state index contributed by atoms with van der Waals surface area (Å²) < 4.78 is 16.6. The van der Waals surface area contributed by atoms with Gasteiger partial charge in [-0.05, 0) is 51.8 Å². The van der Waals surface area contributed by atoms with Gasteiger partial charge in [-0.15, -0.1) is 0 Å². The molecule has 3 rings (SSSR count). The number of rotatable bonds is 3. The first kappa shape index (κ1) is 22.9. The summed E-state index contributed by atoms with van der Waals surface area (Å²) in [6.07, 6.45) is -0.0574. The van der Waals surface area contributed by atoms with E-state index in [1.165, 1.54) is 4.90 Å². The van der Waals surface area contributed by atoms with E-state index in [4.69, 9.17) is 14.2 Å². The zero-order valence-corrected chi connectivity index (χ0v) is 19.1. The summed E-state index contributed by atoms with van der Waals surface area (Å²) in [6, 6.07) is 3.15. The Hall–Kier alpha value is -2.77. The number of likely N-dealkylation sites (tertiary alicyclic amines) is 1. The van der Waals surface area contributed by atoms with E-state index in [1.54, 1.807) is 66.7 Å². The maximum absolute atomic E-state index is 13.4. The Balaban J connectivity index is 2.18. The second-order valence-electron chi connectivity index (χ2n) is 10.5. The molecule has 1 fully saturated rings. The number of benzene rings is 1. The van der Waals surface area contributed by atoms with Crippen LogP contribution in [0, 0.1) is 10.8 Å². The largest absolute Gasteiger partial charge is 0.480 e. The average molecular weight is 434 g/mol. The van der Waals surface area contributed by atoms with Crippen molar-refractivity contribution >= 4 is 17.8 Å². The van der Waals surface area contributed by atoms with Gasteiger partial charge in [0.05, 0.1) is 11.5 Å². The maximum atomic E-state index is 13.4. The predicted octanol–water partition coefficient (Wildman–Crippen LogP) is 3.54. The fourth-order valence-corrected chi connectivity index (χ4v) is 4.15. The zero-order valence-electron chi connectivity index (χ0n) is 19.1. The van der Waals surface area contributed by atoms with Crippen molar-refractivity contribution in [2.24, 2.45) is 10.8 Å². The number of aliphatic carboxylic acids is 1. The Bertz CT molecular complexity index is 911. The van der Waals surface area contributed by atoms with Gasteiger partial charge in [0.25, 0.3) is 0 Å². The van der Waals surface area contributed by atoms with Crippen LogP contribution in [0.5, 0.6) is 11.5 Å². The summed E-state index contributed by atoms with van der Waals surface area (Å²) in [5.74, 6) is -1.00. The summed E-state index contributed by atoms with van der Waals surface area (Å²) in [4.78, 5) is 40.4. The van der Waals surface area contributed by atoms with Crippen molar-refractivity contribution in [3.8, 4) is 11.5 Å². The highest BCUT2D eigenvalue weighted by molar-refractivity contribution is 5.91. The molecule has 1 aromatic carbocycles. The lowest BCUT2D eigenvalue weighted by atomic mass is 9.77. The van der Waals surface area contributed by atoms with Crippen LogP contribution in [0.1, 0.15) is 66.5 Å². The SMILES string of the molecule is CC(C)(C)OC(=O)[C@]1(C)C[C@H](C(=O)O)N(C(=O)C(C)(C)C)[C@@H]1c1ccc2c(c1)OCO2. The lowest BCUT2D eigenvalue weighted by molar-refractivity contribution is -0.169. The number of hydrogen-bond acceptors (Lipinski definition) is 6. The standard InChI is InChI=1S/C23H31NO7/c1-21(2,3)19(27)24-14(18(25)26)11-23(7,20(28)31-22(4,5)6)17(24)13-8-9-15-16(10-13)30-12-29-15/h8-10,14,17H,11-12H2,1-7H3,(H,25,26)/t14-,17-,23-/m1/s1. The molecule has 2 heterocycles. The lowest BCUT2D eigenvalue weighted by Crippen LogP contribution is -2.48. The minimum atomic E-state index is -1.27. The fraction of sp³-hybridized carbons (Fsp3) is 0.609. The number of fused-ring (bicyclic) bond motifs is 1. The molecule has 1 saturated heterocycles. The van der Waals surface area contributed by atoms with Gasteiger partial charge >= 0.3 is 11.9 Å². The van der Waals surface area contributed by atoms with E-state index in [0.717, 1.165) is 0 Å². The Morgan fingerprint density at radius 2 is 1.71 bits per heavy atom. The monoisotopic (exact) mass is 433 g/mol. The first-order valence-corrected chi connectivity index (χ1v) is 10.3. The first-order valence-electron chi connectivity index (χ1n) is 10.3. The second kappa shape index (κ2) is 7.43. The molecule has 0 saturated carbocycles. The van der Waals surface area contributed by atoms with Gasteiger partial charge < -0.3 is 24.2 Å². The molecule has 2 aliphatic rings. The molecule has 8 nitrogen and oxygen atoms in total. The van der Waals surface area contributed by atoms with E-state index in [2.05, 4.69) is 0 Å². The molecule has 0 bridgehead atoms. The quantitative estimate of drug-likeness (QED) is 0.728. The topological polar surface area (TPSA) is 102 Å². The second-order valence-corrected chi connectivity index (χ2v) is 10.5. The van der Waals surface area contributed by atoms with E-state index in [9.17, 15) is 19.5 Å². The number of carboxylic acids is 1. The van der Waals surface area contributed by atoms with Crippen molar-refractivity contribution in [2.75, 3.05) is 6.79 Å². The molecule has 1 aromatic rings. The Kier molecular flexibility index (Phi) is 5.49. The van der Waals surface area contributed by atoms with Crippen molar-refractivity contribution in [3.05, 3.63) is 23.8 Å². The third-order valence-electron chi connectivity index (χ3n) is 5.57. The van der Waals surface area contributed by atoms with Gasteiger partial charge in [0, 0.05) is 5.41 Å². The van der Waals surface area contributed by atoms with Crippen LogP contribution in [0.3, 0.4) is 0 Å². The van der Waals surface area contributed by atoms with E-state index < -0.39 is 40.5 Å². The van der Waals surface area contributed by atoms with Crippen molar-refractivity contribution in [1.29, 1.82) is 0 Å². The highest BCUT2D eigenvalue weighted by Crippen LogP contribution is 2.53. The molecular formula is C23H31NO7. The number of hydrogen-bond donors (Lipinski definition) is 1. The van der Waals surface area contributed by atoms with E-state index in [-0.39, 0.29) is 19.1 Å². The van der Waals surface area contributed by atoms with Crippen LogP contribution in [-0.2, 0) is 19.1 Å². The first-order chi connectivity index (χ1) is 14.1. The third-order valence-corrected chi connectivity index (χ3v) is 5.57. The number of nitrogens with zero attached hydrogens (tertiary/aromatic N) is 1. The number of ether oxygens (including phenoxy) is 3. The van der Waals surface area contributed by atoms with Crippen LogP contribution >= 0.6 is 0 Å². The molecule has 0 spiro atoms. The van der Waals surface area contributed by atoms with Crippen molar-refractivity contribution < 1.29 is 33.7 Å². The summed E-state index contributed by atoms with van der Waals surface area (Å²) >= 11 is 0. The van der Waals surface area contributed by atoms with Crippen molar-refractivity contribution in [2.45, 2.75) is 72.6 Å². The van der Waals surface area contributed by atoms with Crippen LogP contribution < -0.4 is 9.47 Å². The van der Waals surface area contributed by atoms with Gasteiger partial charge in [0.15, 0.2) is 11.5 Å². The minimum absolute atomic E-state index is 0.0574. The molecule has 170 valence electrons. The minimum Gasteiger partial charge on any atom is -0.480 e. The molecule has 2 aliphatic heterocycles. The predicted molar refractivity (Wildman–Crippen MR) is 112 cm³/mol. The molecule has 0 radical (unpaired) electrons. The normalized spacial score (nSPS) is 25.5. The van der Waals surface area contributed by atoms with Gasteiger partial charge in [-0.1, -0.05) is 26.8 Å². The van der Waals surface area contributed by atoms with Crippen molar-refractivity contribution in [3.63, 3.8) is 0 Å². The van der Waals surface area contributed by atoms with Crippen LogP contribution in [0.2, 0.25) is 0 Å². The summed E-state index contributed by atoms with van der Waals surface area (Å²) in [6.45, 7) is 12.2. The number of esters is 1. The fourth-order valence-electron chi connectivity index (χ4n) is 4.15. The molecule has 0 aromatic heterocycles. The smallest absolute Gasteiger partial charge is 0.326 e. The number of carboxylic acid groups (broad SMARTS) is 1. The molecule has 1 N–H and O–H groups in total. The van der Waals surface area contributed by atoms with E-state index in [0.29, 0.717) is 17.1 Å². The molecule has 0 unspecified atom stereocenters. The van der Waals surface area contributed by atoms with Crippen LogP contribution in [0.25, 0.3) is 0 Å². The zero-order chi connectivity index (χ0) is 23.4. The highest BCUT2D eigenvalue weighted by atomic mass is 16.7. The van der Waals surface area contributed by atoms with Crippen LogP contribution in [0.15, 0.2) is 18.2 Å². The molecule has 3 atom stereocenters. The Morgan fingerprint density at radius 3 is 2.26 bits per heavy atom. The van der Waals surface area contributed by atoms with Crippen LogP contribution in [0.4, 0.5) is 0 Å². The number of carbonyl (C=O) groups excluding carboxylic acids is 2. The van der Waals surface area contributed by atoms with Gasteiger partial charge in [0.2, 0.25) is 12.7 Å². The van der Waals surface area contributed by atoms with Gasteiger partial charge in [0.1, 0.15) is 11.6 Å². The third kappa shape index (κ3) is 4.20. The van der Waals surface area contributed by atoms with Crippen LogP contribution in [-0.4, -0.2) is 46.3 Å². The van der Waals surface area contributed by atoms with E-state index >= 15 is 0 Å². The van der Waals surface area contributed by atoms with Crippen molar-refractivity contribution in [1.82, 2.24) is 4.90 Å². The van der Waals surface area contributed by atoms with Gasteiger partial charge in [-0.2, -0.15) is 0 Å². The lowest BCUT2D eigenvalue weighted by Gasteiger charge is -2.38. The Morgan fingerprint density at radius 1 is 1.10 bits per heavy atom. The van der Waals surface area contributed by atoms with E-state index in [1.807, 2.05) is 0 Å². The molecular weight excluding hydrogens is 402 g/mol. The molecule has 1 amide bonds. The Labute approximate surface area is 182 Å². The molecule has 0 aliphatic carbocycles. The summed E-state index contributed by atoms with van der Waals surface area (Å²) in [5.41, 5.74) is -2.29. The number of amides is 1. The number of carbonyl (C=O) groups is 3. The average Bonchev–Trinajstić information content (AvgIpc) is 3.20. The molecule has 8 heteroatoms. The van der Waals surface area contributed by atoms with Gasteiger partial charge in [-0.25, -0.2) is 4.79 Å². The highest BCUT2D eigenvalue weighted by Gasteiger charge is 2.60. The summed E-state index contributed by atoms with van der Waals surface area (Å²) in [7, 11) is 0. The van der Waals surface area contributed by atoms with Gasteiger partial charge in [-0.3, -0.25) is 9.59 Å². The summed E-state index contributed by atoms with van der Waals surface area (Å²) in [5, 5.41) is 9.97. The molecule has 31 heavy (non-hydrogen) atoms. The maximum Gasteiger partial charge on any atom is 0.326 e.